The zero-order chi connectivity index (χ0) is 16.7. The number of benzene rings is 1. The van der Waals surface area contributed by atoms with Crippen LogP contribution in [0.15, 0.2) is 41.8 Å². The Morgan fingerprint density at radius 1 is 1.26 bits per heavy atom. The summed E-state index contributed by atoms with van der Waals surface area (Å²) in [5.41, 5.74) is 0.997. The van der Waals surface area contributed by atoms with E-state index < -0.39 is 5.60 Å². The van der Waals surface area contributed by atoms with E-state index in [1.165, 1.54) is 11.3 Å². The van der Waals surface area contributed by atoms with Crippen molar-refractivity contribution in [1.29, 1.82) is 0 Å². The molecule has 0 bridgehead atoms. The van der Waals surface area contributed by atoms with Crippen molar-refractivity contribution in [3.05, 3.63) is 57.8 Å². The van der Waals surface area contributed by atoms with Crippen molar-refractivity contribution in [3.8, 4) is 0 Å². The third kappa shape index (κ3) is 5.35. The van der Waals surface area contributed by atoms with E-state index >= 15 is 0 Å². The molecular formula is C17H22N2O3S. The highest BCUT2D eigenvalue weighted by Crippen LogP contribution is 2.24. The van der Waals surface area contributed by atoms with Crippen molar-refractivity contribution in [2.24, 2.45) is 0 Å². The van der Waals surface area contributed by atoms with Crippen LogP contribution in [0.5, 0.6) is 0 Å². The topological polar surface area (TPSA) is 70.6 Å². The number of ether oxygens (including phenoxy) is 1. The molecule has 124 valence electrons. The van der Waals surface area contributed by atoms with Crippen LogP contribution in [0.1, 0.15) is 22.9 Å². The Morgan fingerprint density at radius 3 is 2.74 bits per heavy atom. The molecule has 6 heteroatoms. The van der Waals surface area contributed by atoms with Crippen molar-refractivity contribution in [1.82, 2.24) is 10.6 Å². The molecular weight excluding hydrogens is 312 g/mol. The summed E-state index contributed by atoms with van der Waals surface area (Å²) in [6.45, 7) is 2.81. The lowest BCUT2D eigenvalue weighted by Gasteiger charge is -2.22. The quantitative estimate of drug-likeness (QED) is 0.729. The van der Waals surface area contributed by atoms with Crippen molar-refractivity contribution in [2.75, 3.05) is 13.7 Å². The molecule has 2 aromatic rings. The van der Waals surface area contributed by atoms with E-state index in [0.717, 1.165) is 16.0 Å². The van der Waals surface area contributed by atoms with Crippen LogP contribution < -0.4 is 10.6 Å². The largest absolute Gasteiger partial charge is 0.383 e. The summed E-state index contributed by atoms with van der Waals surface area (Å²) in [5.74, 6) is 0. The Morgan fingerprint density at radius 2 is 2.04 bits per heavy atom. The summed E-state index contributed by atoms with van der Waals surface area (Å²) >= 11 is 1.46. The first-order valence-electron chi connectivity index (χ1n) is 7.36. The molecule has 0 aliphatic heterocycles. The van der Waals surface area contributed by atoms with Crippen molar-refractivity contribution in [3.63, 3.8) is 0 Å². The fraction of sp³-hybridized carbons (Fsp3) is 0.353. The molecule has 2 amide bonds. The number of methoxy groups -OCH3 is 1. The van der Waals surface area contributed by atoms with Gasteiger partial charge in [0.2, 0.25) is 0 Å². The number of nitrogens with one attached hydrogen (secondary N) is 2. The molecule has 0 aliphatic rings. The smallest absolute Gasteiger partial charge is 0.315 e. The summed E-state index contributed by atoms with van der Waals surface area (Å²) in [7, 11) is 1.65. The first-order valence-corrected chi connectivity index (χ1v) is 8.24. The number of aliphatic hydroxyl groups is 1. The molecule has 0 fully saturated rings. The van der Waals surface area contributed by atoms with E-state index in [-0.39, 0.29) is 12.6 Å². The summed E-state index contributed by atoms with van der Waals surface area (Å²) in [6.07, 6.45) is 0. The molecule has 5 nitrogen and oxygen atoms in total. The van der Waals surface area contributed by atoms with Crippen molar-refractivity contribution in [2.45, 2.75) is 25.7 Å². The van der Waals surface area contributed by atoms with Gasteiger partial charge < -0.3 is 20.5 Å². The van der Waals surface area contributed by atoms with Gasteiger partial charge in [-0.1, -0.05) is 30.3 Å². The second-order valence-corrected chi connectivity index (χ2v) is 6.49. The van der Waals surface area contributed by atoms with E-state index in [2.05, 4.69) is 10.6 Å². The first-order chi connectivity index (χ1) is 11.0. The maximum absolute atomic E-state index is 11.9. The lowest BCUT2D eigenvalue weighted by molar-refractivity contribution is 0.0631. The fourth-order valence-electron chi connectivity index (χ4n) is 2.17. The molecule has 0 radical (unpaired) electrons. The minimum atomic E-state index is -1.07. The van der Waals surface area contributed by atoms with Gasteiger partial charge in [0.15, 0.2) is 0 Å². The highest BCUT2D eigenvalue weighted by atomic mass is 32.1. The molecule has 3 N–H and O–H groups in total. The van der Waals surface area contributed by atoms with Crippen LogP contribution in [-0.2, 0) is 23.5 Å². The van der Waals surface area contributed by atoms with E-state index in [1.807, 2.05) is 41.8 Å². The highest BCUT2D eigenvalue weighted by molar-refractivity contribution is 7.10. The molecule has 1 aromatic heterocycles. The molecule has 1 unspecified atom stereocenters. The summed E-state index contributed by atoms with van der Waals surface area (Å²) in [5, 5.41) is 17.7. The van der Waals surface area contributed by atoms with Crippen LogP contribution in [0.3, 0.4) is 0 Å². The minimum absolute atomic E-state index is 0.156. The zero-order valence-electron chi connectivity index (χ0n) is 13.3. The average Bonchev–Trinajstić information content (AvgIpc) is 3.07. The number of carbonyl (C=O) groups excluding carboxylic acids is 1. The number of hydrogen-bond acceptors (Lipinski definition) is 4. The molecule has 0 saturated heterocycles. The predicted octanol–water partition coefficient (Wildman–Crippen LogP) is 2.60. The number of urea groups is 1. The molecule has 1 heterocycles. The van der Waals surface area contributed by atoms with Crippen LogP contribution in [0.25, 0.3) is 0 Å². The fourth-order valence-corrected chi connectivity index (χ4v) is 2.95. The molecule has 0 saturated carbocycles. The third-order valence-corrected chi connectivity index (χ3v) is 4.52. The van der Waals surface area contributed by atoms with Gasteiger partial charge >= 0.3 is 6.03 Å². The molecule has 0 spiro atoms. The van der Waals surface area contributed by atoms with Crippen LogP contribution >= 0.6 is 11.3 Å². The predicted molar refractivity (Wildman–Crippen MR) is 91.3 cm³/mol. The standard InChI is InChI=1S/C17H22N2O3S/c1-17(21,15-7-4-8-23-15)12-19-16(20)18-10-13-5-3-6-14(9-13)11-22-2/h3-9,21H,10-12H2,1-2H3,(H2,18,19,20). The summed E-state index contributed by atoms with van der Waals surface area (Å²) in [6, 6.07) is 11.3. The maximum Gasteiger partial charge on any atom is 0.315 e. The van der Waals surface area contributed by atoms with E-state index in [1.54, 1.807) is 14.0 Å². The Kier molecular flexibility index (Phi) is 6.15. The first kappa shape index (κ1) is 17.5. The van der Waals surface area contributed by atoms with E-state index in [9.17, 15) is 9.90 Å². The average molecular weight is 334 g/mol. The van der Waals surface area contributed by atoms with Crippen LogP contribution in [0.2, 0.25) is 0 Å². The van der Waals surface area contributed by atoms with Crippen molar-refractivity contribution < 1.29 is 14.6 Å². The van der Waals surface area contributed by atoms with Gasteiger partial charge in [-0.15, -0.1) is 11.3 Å². The maximum atomic E-state index is 11.9. The highest BCUT2D eigenvalue weighted by Gasteiger charge is 2.24. The molecule has 2 rings (SSSR count). The van der Waals surface area contributed by atoms with Gasteiger partial charge in [-0.3, -0.25) is 0 Å². The van der Waals surface area contributed by atoms with Gasteiger partial charge in [-0.25, -0.2) is 4.79 Å². The van der Waals surface area contributed by atoms with Crippen molar-refractivity contribution >= 4 is 17.4 Å². The van der Waals surface area contributed by atoms with Gasteiger partial charge in [0.1, 0.15) is 5.60 Å². The number of thiophene rings is 1. The lowest BCUT2D eigenvalue weighted by atomic mass is 10.1. The number of rotatable bonds is 7. The number of carbonyl (C=O) groups is 1. The Bertz CT molecular complexity index is 627. The van der Waals surface area contributed by atoms with E-state index in [0.29, 0.717) is 13.2 Å². The van der Waals surface area contributed by atoms with Gasteiger partial charge in [0, 0.05) is 18.5 Å². The Balaban J connectivity index is 1.80. The summed E-state index contributed by atoms with van der Waals surface area (Å²) < 4.78 is 5.09. The number of hydrogen-bond donors (Lipinski definition) is 3. The minimum Gasteiger partial charge on any atom is -0.383 e. The van der Waals surface area contributed by atoms with E-state index in [4.69, 9.17) is 4.74 Å². The number of amides is 2. The third-order valence-electron chi connectivity index (χ3n) is 3.40. The molecule has 0 aliphatic carbocycles. The normalized spacial score (nSPS) is 13.3. The molecule has 1 atom stereocenters. The second-order valence-electron chi connectivity index (χ2n) is 5.54. The SMILES string of the molecule is COCc1cccc(CNC(=O)NCC(C)(O)c2cccs2)c1. The Labute approximate surface area is 140 Å². The van der Waals surface area contributed by atoms with Gasteiger partial charge in [-0.05, 0) is 29.5 Å². The lowest BCUT2D eigenvalue weighted by Crippen LogP contribution is -2.42. The molecule has 1 aromatic carbocycles. The monoisotopic (exact) mass is 334 g/mol. The van der Waals surface area contributed by atoms with Gasteiger partial charge in [-0.2, -0.15) is 0 Å². The van der Waals surface area contributed by atoms with Crippen LogP contribution in [-0.4, -0.2) is 24.8 Å². The van der Waals surface area contributed by atoms with Gasteiger partial charge in [0.25, 0.3) is 0 Å². The zero-order valence-corrected chi connectivity index (χ0v) is 14.2. The molecule has 23 heavy (non-hydrogen) atoms. The van der Waals surface area contributed by atoms with Crippen LogP contribution in [0.4, 0.5) is 4.79 Å². The summed E-state index contributed by atoms with van der Waals surface area (Å²) in [4.78, 5) is 12.7. The van der Waals surface area contributed by atoms with Crippen LogP contribution in [0, 0.1) is 0 Å². The Hall–Kier alpha value is -1.89. The van der Waals surface area contributed by atoms with Gasteiger partial charge in [0.05, 0.1) is 13.2 Å². The second kappa shape index (κ2) is 8.10.